The lowest BCUT2D eigenvalue weighted by Crippen LogP contribution is -2.41. The van der Waals surface area contributed by atoms with Crippen LogP contribution < -0.4 is 5.32 Å². The summed E-state index contributed by atoms with van der Waals surface area (Å²) in [6, 6.07) is 7.15. The molecule has 0 aliphatic carbocycles. The zero-order valence-corrected chi connectivity index (χ0v) is 10.4. The van der Waals surface area contributed by atoms with Crippen molar-refractivity contribution in [3.63, 3.8) is 0 Å². The van der Waals surface area contributed by atoms with Gasteiger partial charge in [-0.25, -0.2) is 0 Å². The molecule has 0 saturated carbocycles. The number of nitrogens with zero attached hydrogens (tertiary/aromatic N) is 1. The maximum absolute atomic E-state index is 5.45. The summed E-state index contributed by atoms with van der Waals surface area (Å²) in [7, 11) is 0. The van der Waals surface area contributed by atoms with E-state index in [0.29, 0.717) is 6.04 Å². The molecule has 1 atom stereocenters. The van der Waals surface area contributed by atoms with Gasteiger partial charge in [-0.3, -0.25) is 4.90 Å². The summed E-state index contributed by atoms with van der Waals surface area (Å²) in [5.41, 5.74) is 4.24. The Hall–Kier alpha value is -1.06. The normalized spacial score (nSPS) is 25.1. The number of benzene rings is 1. The lowest BCUT2D eigenvalue weighted by molar-refractivity contribution is 0.0143. The van der Waals surface area contributed by atoms with Crippen molar-refractivity contribution >= 4 is 5.69 Å². The Morgan fingerprint density at radius 1 is 1.29 bits per heavy atom. The summed E-state index contributed by atoms with van der Waals surface area (Å²) in [5.74, 6) is 0. The van der Waals surface area contributed by atoms with E-state index in [-0.39, 0.29) is 0 Å². The molecular weight excluding hydrogens is 212 g/mol. The molecule has 3 rings (SSSR count). The van der Waals surface area contributed by atoms with E-state index in [9.17, 15) is 0 Å². The Balaban J connectivity index is 1.92. The van der Waals surface area contributed by atoms with Crippen LogP contribution in [0.2, 0.25) is 0 Å². The van der Waals surface area contributed by atoms with E-state index in [1.807, 2.05) is 0 Å². The summed E-state index contributed by atoms with van der Waals surface area (Å²) < 4.78 is 5.45. The van der Waals surface area contributed by atoms with Crippen LogP contribution >= 0.6 is 0 Å². The van der Waals surface area contributed by atoms with E-state index >= 15 is 0 Å². The highest BCUT2D eigenvalue weighted by Crippen LogP contribution is 2.36. The molecule has 1 unspecified atom stereocenters. The lowest BCUT2D eigenvalue weighted by atomic mass is 9.92. The Morgan fingerprint density at radius 2 is 2.12 bits per heavy atom. The molecule has 17 heavy (non-hydrogen) atoms. The minimum absolute atomic E-state index is 0.580. The number of anilines is 1. The second kappa shape index (κ2) is 4.67. The zero-order chi connectivity index (χ0) is 11.7. The minimum atomic E-state index is 0.580. The van der Waals surface area contributed by atoms with Crippen LogP contribution in [0.4, 0.5) is 5.69 Å². The van der Waals surface area contributed by atoms with Crippen molar-refractivity contribution in [2.45, 2.75) is 19.4 Å². The molecule has 1 aromatic carbocycles. The first-order valence-electron chi connectivity index (χ1n) is 6.51. The summed E-state index contributed by atoms with van der Waals surface area (Å²) in [5, 5.41) is 3.51. The number of fused-ring (bicyclic) bond motifs is 1. The second-order valence-electron chi connectivity index (χ2n) is 4.92. The van der Waals surface area contributed by atoms with Gasteiger partial charge in [0.25, 0.3) is 0 Å². The first-order valence-corrected chi connectivity index (χ1v) is 6.51. The van der Waals surface area contributed by atoms with Crippen LogP contribution in [-0.4, -0.2) is 37.7 Å². The number of morpholine rings is 1. The third kappa shape index (κ3) is 2.05. The van der Waals surface area contributed by atoms with Gasteiger partial charge in [-0.1, -0.05) is 12.1 Å². The van der Waals surface area contributed by atoms with Gasteiger partial charge in [0.1, 0.15) is 0 Å². The highest BCUT2D eigenvalue weighted by atomic mass is 16.5. The summed E-state index contributed by atoms with van der Waals surface area (Å²) in [6.07, 6.45) is 1.21. The van der Waals surface area contributed by atoms with E-state index in [4.69, 9.17) is 4.74 Å². The quantitative estimate of drug-likeness (QED) is 0.803. The van der Waals surface area contributed by atoms with Crippen LogP contribution in [0.5, 0.6) is 0 Å². The van der Waals surface area contributed by atoms with Gasteiger partial charge in [0, 0.05) is 31.4 Å². The van der Waals surface area contributed by atoms with E-state index < -0.39 is 0 Å². The molecule has 3 nitrogen and oxygen atoms in total. The van der Waals surface area contributed by atoms with E-state index in [1.165, 1.54) is 23.2 Å². The van der Waals surface area contributed by atoms with Crippen molar-refractivity contribution in [3.8, 4) is 0 Å². The Bertz CT molecular complexity index is 399. The van der Waals surface area contributed by atoms with Gasteiger partial charge in [0.05, 0.1) is 13.2 Å². The van der Waals surface area contributed by atoms with Crippen LogP contribution in [0.15, 0.2) is 18.2 Å². The van der Waals surface area contributed by atoms with Crippen molar-refractivity contribution in [1.82, 2.24) is 4.90 Å². The molecule has 1 N–H and O–H groups in total. The van der Waals surface area contributed by atoms with Gasteiger partial charge in [-0.2, -0.15) is 0 Å². The van der Waals surface area contributed by atoms with Gasteiger partial charge >= 0.3 is 0 Å². The largest absolute Gasteiger partial charge is 0.385 e. The Labute approximate surface area is 103 Å². The maximum atomic E-state index is 5.45. The third-order valence-corrected chi connectivity index (χ3v) is 3.88. The number of hydrogen-bond donors (Lipinski definition) is 1. The van der Waals surface area contributed by atoms with Crippen LogP contribution in [0.25, 0.3) is 0 Å². The minimum Gasteiger partial charge on any atom is -0.385 e. The van der Waals surface area contributed by atoms with Crippen LogP contribution in [0, 0.1) is 6.92 Å². The van der Waals surface area contributed by atoms with E-state index in [1.54, 1.807) is 0 Å². The van der Waals surface area contributed by atoms with Gasteiger partial charge in [0.15, 0.2) is 0 Å². The number of hydrogen-bond acceptors (Lipinski definition) is 3. The standard InChI is InChI=1S/C14H20N2O/c1-11-3-2-4-12-14(11)13(5-6-15-12)16-7-9-17-10-8-16/h2-4,13,15H,5-10H2,1H3. The number of aryl methyl sites for hydroxylation is 1. The number of ether oxygens (including phenoxy) is 1. The molecule has 1 saturated heterocycles. The topological polar surface area (TPSA) is 24.5 Å². The molecule has 1 aromatic rings. The first-order chi connectivity index (χ1) is 8.36. The van der Waals surface area contributed by atoms with E-state index in [2.05, 4.69) is 35.3 Å². The van der Waals surface area contributed by atoms with Gasteiger partial charge in [-0.05, 0) is 30.5 Å². The van der Waals surface area contributed by atoms with Crippen LogP contribution in [0.1, 0.15) is 23.6 Å². The van der Waals surface area contributed by atoms with Crippen molar-refractivity contribution in [3.05, 3.63) is 29.3 Å². The summed E-state index contributed by atoms with van der Waals surface area (Å²) in [6.45, 7) is 7.20. The summed E-state index contributed by atoms with van der Waals surface area (Å²) in [4.78, 5) is 2.58. The highest BCUT2D eigenvalue weighted by Gasteiger charge is 2.28. The number of nitrogens with one attached hydrogen (secondary N) is 1. The number of rotatable bonds is 1. The highest BCUT2D eigenvalue weighted by molar-refractivity contribution is 5.57. The van der Waals surface area contributed by atoms with Crippen LogP contribution in [0.3, 0.4) is 0 Å². The van der Waals surface area contributed by atoms with Crippen molar-refractivity contribution in [1.29, 1.82) is 0 Å². The Kier molecular flexibility index (Phi) is 3.04. The molecule has 0 radical (unpaired) electrons. The molecule has 2 heterocycles. The monoisotopic (exact) mass is 232 g/mol. The van der Waals surface area contributed by atoms with Crippen LogP contribution in [-0.2, 0) is 4.74 Å². The van der Waals surface area contributed by atoms with Crippen molar-refractivity contribution < 1.29 is 4.74 Å². The van der Waals surface area contributed by atoms with Crippen molar-refractivity contribution in [2.75, 3.05) is 38.2 Å². The van der Waals surface area contributed by atoms with Gasteiger partial charge in [0.2, 0.25) is 0 Å². The smallest absolute Gasteiger partial charge is 0.0594 e. The SMILES string of the molecule is Cc1cccc2c1C(N1CCOCC1)CCN2. The molecule has 2 aliphatic heterocycles. The van der Waals surface area contributed by atoms with E-state index in [0.717, 1.165) is 32.8 Å². The Morgan fingerprint density at radius 3 is 2.94 bits per heavy atom. The summed E-state index contributed by atoms with van der Waals surface area (Å²) >= 11 is 0. The molecule has 2 aliphatic rings. The molecule has 0 spiro atoms. The third-order valence-electron chi connectivity index (χ3n) is 3.88. The predicted octanol–water partition coefficient (Wildman–Crippen LogP) is 2.18. The molecule has 92 valence electrons. The second-order valence-corrected chi connectivity index (χ2v) is 4.92. The molecule has 0 aromatic heterocycles. The molecule has 0 bridgehead atoms. The molecule has 1 fully saturated rings. The lowest BCUT2D eigenvalue weighted by Gasteiger charge is -2.39. The van der Waals surface area contributed by atoms with Gasteiger partial charge < -0.3 is 10.1 Å². The molecular formula is C14H20N2O. The van der Waals surface area contributed by atoms with Gasteiger partial charge in [-0.15, -0.1) is 0 Å². The maximum Gasteiger partial charge on any atom is 0.0594 e. The molecule has 3 heteroatoms. The fourth-order valence-electron chi connectivity index (χ4n) is 3.02. The first kappa shape index (κ1) is 11.1. The average molecular weight is 232 g/mol. The van der Waals surface area contributed by atoms with Crippen molar-refractivity contribution in [2.24, 2.45) is 0 Å². The molecule has 0 amide bonds. The predicted molar refractivity (Wildman–Crippen MR) is 69.4 cm³/mol. The average Bonchev–Trinajstić information content (AvgIpc) is 2.39. The fourth-order valence-corrected chi connectivity index (χ4v) is 3.02. The zero-order valence-electron chi connectivity index (χ0n) is 10.4. The fraction of sp³-hybridized carbons (Fsp3) is 0.571.